The molecule has 0 spiro atoms. The Kier molecular flexibility index (Phi) is 45.8. The maximum absolute atomic E-state index is 13.4. The predicted octanol–water partition coefficient (Wildman–Crippen LogP) is 23.0. The SMILES string of the molecule is CCCCC(CC)CC[NH2+]CC(C)CCC(CC)CCC.CCCCCCC[CH2][Al-]([CH2]CCCCCCC)([CH2]CCCCCCC)[CH2]CCCCCCC.Fc1c(F)c(F)c(-c2c(F)c(F)c(F)c(F)c2F)c(F)c1F. The van der Waals surface area contributed by atoms with E-state index in [-0.39, 0.29) is 0 Å². The van der Waals surface area contributed by atoms with Crippen molar-refractivity contribution in [1.29, 1.82) is 0 Å². The summed E-state index contributed by atoms with van der Waals surface area (Å²) in [5, 5.41) is 9.41. The minimum Gasteiger partial charge on any atom is -0.346 e. The monoisotopic (exact) mass is 1110 g/mol. The molecule has 0 saturated heterocycles. The summed E-state index contributed by atoms with van der Waals surface area (Å²) in [5.74, 6) is -23.8. The highest BCUT2D eigenvalue weighted by Crippen LogP contribution is 2.38. The minimum atomic E-state index is -2.68. The molecule has 0 aliphatic rings. The lowest BCUT2D eigenvalue weighted by molar-refractivity contribution is -0.661. The first-order chi connectivity index (χ1) is 36.5. The van der Waals surface area contributed by atoms with Gasteiger partial charge in [-0.05, 0) is 31.1 Å². The van der Waals surface area contributed by atoms with Gasteiger partial charge in [-0.15, -0.1) is 0 Å². The van der Waals surface area contributed by atoms with Gasteiger partial charge in [-0.3, -0.25) is 0 Å². The molecule has 0 heterocycles. The van der Waals surface area contributed by atoms with Crippen LogP contribution in [0, 0.1) is 75.9 Å². The zero-order valence-electron chi connectivity index (χ0n) is 50.0. The van der Waals surface area contributed by atoms with E-state index in [0.29, 0.717) is 0 Å². The number of unbranched alkanes of at least 4 members (excludes halogenated alkanes) is 21. The molecular formula is C64H112AlF10N. The molecule has 2 N–H and O–H groups in total. The number of hydrogen-bond acceptors (Lipinski definition) is 0. The van der Waals surface area contributed by atoms with Crippen molar-refractivity contribution in [2.45, 2.75) is 302 Å². The molecule has 2 aromatic rings. The highest BCUT2D eigenvalue weighted by Gasteiger charge is 2.34. The van der Waals surface area contributed by atoms with Crippen LogP contribution >= 0.6 is 0 Å². The lowest BCUT2D eigenvalue weighted by Crippen LogP contribution is -2.85. The molecule has 446 valence electrons. The van der Waals surface area contributed by atoms with Crippen molar-refractivity contribution in [3.05, 3.63) is 58.2 Å². The third-order valence-corrected chi connectivity index (χ3v) is 23.1. The molecule has 1 nitrogen and oxygen atoms in total. The first-order valence-corrected chi connectivity index (χ1v) is 34.9. The van der Waals surface area contributed by atoms with Crippen molar-refractivity contribution in [3.63, 3.8) is 0 Å². The van der Waals surface area contributed by atoms with Crippen molar-refractivity contribution in [1.82, 2.24) is 0 Å². The molecule has 0 fully saturated rings. The first-order valence-electron chi connectivity index (χ1n) is 31.6. The highest BCUT2D eigenvalue weighted by molar-refractivity contribution is 6.79. The van der Waals surface area contributed by atoms with Crippen molar-refractivity contribution in [2.24, 2.45) is 17.8 Å². The molecule has 0 radical (unpaired) electrons. The Morgan fingerprint density at radius 1 is 0.303 bits per heavy atom. The summed E-state index contributed by atoms with van der Waals surface area (Å²) >= 11 is -1.42. The van der Waals surface area contributed by atoms with Crippen LogP contribution in [0.4, 0.5) is 43.9 Å². The summed E-state index contributed by atoms with van der Waals surface area (Å²) in [6, 6.07) is 0. The fraction of sp³-hybridized carbons (Fsp3) is 0.812. The smallest absolute Gasteiger partial charge is 0.200 e. The molecule has 76 heavy (non-hydrogen) atoms. The molecule has 0 saturated carbocycles. The van der Waals surface area contributed by atoms with Crippen LogP contribution in [0.2, 0.25) is 21.1 Å². The molecule has 3 unspecified atom stereocenters. The highest BCUT2D eigenvalue weighted by atomic mass is 27.2. The van der Waals surface area contributed by atoms with Gasteiger partial charge in [0.05, 0.1) is 24.2 Å². The fourth-order valence-corrected chi connectivity index (χ4v) is 17.7. The normalized spacial score (nSPS) is 12.8. The van der Waals surface area contributed by atoms with Crippen LogP contribution in [0.1, 0.15) is 281 Å². The second-order valence-corrected chi connectivity index (χ2v) is 28.9. The van der Waals surface area contributed by atoms with Crippen LogP contribution < -0.4 is 5.32 Å². The standard InChI is InChI=1S/C20H43N.C12F10.4C8H17.Al/c1-6-10-12-20(9-4)15-16-21-17-18(5)13-14-19(8-3)11-7-2;13-3-1(4(14)8(18)11(21)7(3)17)2-5(15)9(19)12(22)10(20)6(2)16;4*1-3-5-7-8-6-4-2;/h18-21H,6-17H2,1-5H3;;4*1,3-8H2,2H3;/q;;;;;;-1/p+1. The number of rotatable bonds is 44. The van der Waals surface area contributed by atoms with Crippen LogP contribution in [0.3, 0.4) is 0 Å². The summed E-state index contributed by atoms with van der Waals surface area (Å²) in [6.45, 7) is 23.9. The topological polar surface area (TPSA) is 16.6 Å². The Hall–Kier alpha value is -1.77. The van der Waals surface area contributed by atoms with E-state index in [4.69, 9.17) is 0 Å². The summed E-state index contributed by atoms with van der Waals surface area (Å²) in [4.78, 5) is 0. The molecule has 0 aromatic heterocycles. The van der Waals surface area contributed by atoms with E-state index < -0.39 is 82.4 Å². The summed E-state index contributed by atoms with van der Waals surface area (Å²) in [5.41, 5.74) is -4.52. The van der Waals surface area contributed by atoms with Crippen molar-refractivity contribution in [3.8, 4) is 11.1 Å². The number of benzene rings is 2. The summed E-state index contributed by atoms with van der Waals surface area (Å²) in [7, 11) is 0. The average Bonchev–Trinajstić information content (AvgIpc) is 3.42. The third-order valence-electron chi connectivity index (χ3n) is 16.6. The zero-order valence-corrected chi connectivity index (χ0v) is 51.1. The lowest BCUT2D eigenvalue weighted by atomic mass is 9.91. The number of quaternary nitrogens is 1. The van der Waals surface area contributed by atoms with Crippen molar-refractivity contribution >= 4 is 13.1 Å². The number of halogens is 10. The van der Waals surface area contributed by atoms with Gasteiger partial charge >= 0.3 is 0 Å². The molecular weight excluding hydrogens is 1000 g/mol. The molecule has 12 heteroatoms. The third kappa shape index (κ3) is 30.7. The maximum Gasteiger partial charge on any atom is 0.200 e. The average molecular weight is 1110 g/mol. The summed E-state index contributed by atoms with van der Waals surface area (Å²) in [6.07, 6.45) is 49.9. The van der Waals surface area contributed by atoms with Gasteiger partial charge < -0.3 is 5.32 Å². The van der Waals surface area contributed by atoms with E-state index in [2.05, 4.69) is 67.6 Å². The molecule has 2 rings (SSSR count). The van der Waals surface area contributed by atoms with Crippen LogP contribution in [0.25, 0.3) is 11.1 Å². The van der Waals surface area contributed by atoms with E-state index in [1.54, 1.807) is 46.8 Å². The molecule has 0 bridgehead atoms. The molecule has 3 atom stereocenters. The van der Waals surface area contributed by atoms with E-state index >= 15 is 0 Å². The van der Waals surface area contributed by atoms with Gasteiger partial charge in [0.2, 0.25) is 11.6 Å². The van der Waals surface area contributed by atoms with Gasteiger partial charge in [-0.1, -0.05) is 261 Å². The molecule has 0 aliphatic heterocycles. The van der Waals surface area contributed by atoms with Crippen LogP contribution in [-0.4, -0.2) is 26.2 Å². The Morgan fingerprint density at radius 2 is 0.592 bits per heavy atom. The number of hydrogen-bond donors (Lipinski definition) is 1. The molecule has 0 aliphatic carbocycles. The van der Waals surface area contributed by atoms with Crippen LogP contribution in [0.5, 0.6) is 0 Å². The van der Waals surface area contributed by atoms with Crippen molar-refractivity contribution in [2.75, 3.05) is 13.1 Å². The second kappa shape index (κ2) is 46.9. The van der Waals surface area contributed by atoms with Gasteiger partial charge in [0.25, 0.3) is 0 Å². The van der Waals surface area contributed by atoms with Gasteiger partial charge in [0.15, 0.2) is 46.5 Å². The Bertz CT molecular complexity index is 1530. The number of nitrogens with two attached hydrogens (primary N) is 1. The van der Waals surface area contributed by atoms with Gasteiger partial charge in [0, 0.05) is 5.92 Å². The fourth-order valence-electron chi connectivity index (χ4n) is 11.3. The predicted molar refractivity (Wildman–Crippen MR) is 307 cm³/mol. The van der Waals surface area contributed by atoms with E-state index in [9.17, 15) is 43.9 Å². The zero-order chi connectivity index (χ0) is 57.2. The molecule has 2 aromatic carbocycles. The van der Waals surface area contributed by atoms with E-state index in [0.717, 1.165) is 17.8 Å². The largest absolute Gasteiger partial charge is 0.346 e. The Morgan fingerprint density at radius 3 is 0.895 bits per heavy atom. The quantitative estimate of drug-likeness (QED) is 0.0224. The van der Waals surface area contributed by atoms with Gasteiger partial charge in [0.1, 0.15) is 13.1 Å². The van der Waals surface area contributed by atoms with Crippen LogP contribution in [0.15, 0.2) is 0 Å². The van der Waals surface area contributed by atoms with E-state index in [1.165, 1.54) is 206 Å². The Labute approximate surface area is 462 Å². The maximum atomic E-state index is 13.4. The second-order valence-electron chi connectivity index (χ2n) is 23.1. The van der Waals surface area contributed by atoms with Gasteiger partial charge in [-0.25, -0.2) is 43.9 Å². The lowest BCUT2D eigenvalue weighted by Gasteiger charge is -2.37. The van der Waals surface area contributed by atoms with E-state index in [1.807, 2.05) is 0 Å². The summed E-state index contributed by atoms with van der Waals surface area (Å²) < 4.78 is 131. The Balaban J connectivity index is 0.00000115. The van der Waals surface area contributed by atoms with Gasteiger partial charge in [-0.2, -0.15) is 21.1 Å². The van der Waals surface area contributed by atoms with Crippen LogP contribution in [-0.2, 0) is 0 Å². The molecule has 0 amide bonds. The minimum absolute atomic E-state index is 0.895. The first kappa shape index (κ1) is 74.2. The van der Waals surface area contributed by atoms with Crippen molar-refractivity contribution < 1.29 is 49.2 Å².